The molecule has 3 aromatic carbocycles. The van der Waals surface area contributed by atoms with Gasteiger partial charge in [-0.1, -0.05) is 30.3 Å². The largest absolute Gasteiger partial charge is 0.497 e. The van der Waals surface area contributed by atoms with E-state index in [9.17, 15) is 9.18 Å². The molecule has 3 aromatic rings. The van der Waals surface area contributed by atoms with Gasteiger partial charge in [-0.15, -0.1) is 0 Å². The van der Waals surface area contributed by atoms with Gasteiger partial charge in [0.25, 0.3) is 0 Å². The van der Waals surface area contributed by atoms with Gasteiger partial charge in [0, 0.05) is 5.56 Å². The predicted molar refractivity (Wildman–Crippen MR) is 145 cm³/mol. The highest BCUT2D eigenvalue weighted by Crippen LogP contribution is 2.45. The van der Waals surface area contributed by atoms with Crippen LogP contribution in [0.25, 0.3) is 16.7 Å². The van der Waals surface area contributed by atoms with Crippen molar-refractivity contribution in [3.05, 3.63) is 89.2 Å². The second-order valence-corrected chi connectivity index (χ2v) is 9.87. The van der Waals surface area contributed by atoms with Crippen molar-refractivity contribution in [2.24, 2.45) is 5.92 Å². The lowest BCUT2D eigenvalue weighted by Crippen LogP contribution is -2.10. The van der Waals surface area contributed by atoms with Crippen molar-refractivity contribution in [1.29, 1.82) is 0 Å². The smallest absolute Gasteiger partial charge is 0.306 e. The first kappa shape index (κ1) is 26.0. The van der Waals surface area contributed by atoms with Crippen molar-refractivity contribution in [2.45, 2.75) is 38.2 Å². The fraction of sp³-hybridized carbons (Fsp3) is 0.344. The molecule has 0 N–H and O–H groups in total. The number of hydrogen-bond donors (Lipinski definition) is 0. The number of rotatable bonds is 10. The number of hydrogen-bond acceptors (Lipinski definition) is 5. The third-order valence-corrected chi connectivity index (χ3v) is 7.35. The summed E-state index contributed by atoms with van der Waals surface area (Å²) in [6.07, 6.45) is 5.48. The number of carbonyl (C=O) groups is 1. The summed E-state index contributed by atoms with van der Waals surface area (Å²) in [5.41, 5.74) is 5.51. The van der Waals surface area contributed by atoms with Crippen LogP contribution in [0.1, 0.15) is 48.3 Å². The van der Waals surface area contributed by atoms with Gasteiger partial charge in [-0.3, -0.25) is 4.79 Å². The molecule has 0 aromatic heterocycles. The molecule has 1 saturated carbocycles. The molecule has 1 heterocycles. The van der Waals surface area contributed by atoms with Gasteiger partial charge in [-0.05, 0) is 95.3 Å². The van der Waals surface area contributed by atoms with E-state index in [0.29, 0.717) is 43.5 Å². The van der Waals surface area contributed by atoms with E-state index in [1.54, 1.807) is 19.2 Å². The molecule has 0 unspecified atom stereocenters. The maximum Gasteiger partial charge on any atom is 0.306 e. The Morgan fingerprint density at radius 2 is 1.87 bits per heavy atom. The Morgan fingerprint density at radius 3 is 2.61 bits per heavy atom. The molecule has 0 spiro atoms. The monoisotopic (exact) mass is 516 g/mol. The maximum absolute atomic E-state index is 14.9. The molecular weight excluding hydrogens is 483 g/mol. The van der Waals surface area contributed by atoms with Gasteiger partial charge in [0.05, 0.1) is 33.9 Å². The first-order valence-electron chi connectivity index (χ1n) is 13.1. The summed E-state index contributed by atoms with van der Waals surface area (Å²) in [6, 6.07) is 18.8. The van der Waals surface area contributed by atoms with Gasteiger partial charge in [0.2, 0.25) is 0 Å². The maximum atomic E-state index is 14.9. The lowest BCUT2D eigenvalue weighted by Gasteiger charge is -2.20. The number of ether oxygens (including phenoxy) is 4. The molecule has 5 nitrogen and oxygen atoms in total. The molecule has 0 saturated heterocycles. The minimum Gasteiger partial charge on any atom is -0.497 e. The predicted octanol–water partition coefficient (Wildman–Crippen LogP) is 6.94. The van der Waals surface area contributed by atoms with Crippen LogP contribution in [-0.4, -0.2) is 33.4 Å². The SMILES string of the molecule is COC(=O)C[C@H](c1cccc(OCc2ccc(-c3cc(OC)ccc3F)c(C3=CCOCC3)c2)c1)C1CC1. The van der Waals surface area contributed by atoms with E-state index in [1.807, 2.05) is 30.3 Å². The van der Waals surface area contributed by atoms with Gasteiger partial charge in [0.1, 0.15) is 23.9 Å². The second-order valence-electron chi connectivity index (χ2n) is 9.87. The Hall–Kier alpha value is -3.64. The summed E-state index contributed by atoms with van der Waals surface area (Å²) in [5.74, 6) is 1.55. The Labute approximate surface area is 223 Å². The van der Waals surface area contributed by atoms with E-state index in [0.717, 1.165) is 52.8 Å². The van der Waals surface area contributed by atoms with Crippen LogP contribution in [0, 0.1) is 11.7 Å². The third kappa shape index (κ3) is 6.08. The zero-order chi connectivity index (χ0) is 26.5. The molecule has 1 fully saturated rings. The second kappa shape index (κ2) is 11.8. The fourth-order valence-corrected chi connectivity index (χ4v) is 5.11. The highest BCUT2D eigenvalue weighted by molar-refractivity contribution is 5.83. The first-order chi connectivity index (χ1) is 18.6. The van der Waals surface area contributed by atoms with Crippen molar-refractivity contribution in [3.8, 4) is 22.6 Å². The van der Waals surface area contributed by atoms with Crippen LogP contribution in [0.4, 0.5) is 4.39 Å². The van der Waals surface area contributed by atoms with Crippen LogP contribution in [-0.2, 0) is 20.9 Å². The minimum atomic E-state index is -0.294. The van der Waals surface area contributed by atoms with Gasteiger partial charge < -0.3 is 18.9 Å². The average molecular weight is 517 g/mol. The molecule has 1 aliphatic heterocycles. The van der Waals surface area contributed by atoms with Gasteiger partial charge in [0.15, 0.2) is 0 Å². The van der Waals surface area contributed by atoms with Gasteiger partial charge in [-0.25, -0.2) is 4.39 Å². The van der Waals surface area contributed by atoms with E-state index in [-0.39, 0.29) is 17.7 Å². The molecule has 5 rings (SSSR count). The summed E-state index contributed by atoms with van der Waals surface area (Å²) in [4.78, 5) is 12.0. The Balaban J connectivity index is 1.40. The van der Waals surface area contributed by atoms with Crippen molar-refractivity contribution >= 4 is 11.5 Å². The van der Waals surface area contributed by atoms with Crippen molar-refractivity contribution in [2.75, 3.05) is 27.4 Å². The number of halogens is 1. The van der Waals surface area contributed by atoms with Crippen molar-refractivity contribution in [3.63, 3.8) is 0 Å². The number of methoxy groups -OCH3 is 2. The van der Waals surface area contributed by atoms with Crippen molar-refractivity contribution in [1.82, 2.24) is 0 Å². The molecule has 0 bridgehead atoms. The molecule has 0 radical (unpaired) electrons. The molecule has 198 valence electrons. The zero-order valence-corrected chi connectivity index (χ0v) is 21.9. The summed E-state index contributed by atoms with van der Waals surface area (Å²) in [7, 11) is 3.01. The van der Waals surface area contributed by atoms with Crippen molar-refractivity contribution < 1.29 is 28.1 Å². The van der Waals surface area contributed by atoms with Crippen LogP contribution in [0.3, 0.4) is 0 Å². The molecule has 1 aliphatic carbocycles. The molecule has 6 heteroatoms. The summed E-state index contributed by atoms with van der Waals surface area (Å²) < 4.78 is 36.9. The van der Waals surface area contributed by atoms with Gasteiger partial charge >= 0.3 is 5.97 Å². The third-order valence-electron chi connectivity index (χ3n) is 7.35. The van der Waals surface area contributed by atoms with E-state index < -0.39 is 0 Å². The van der Waals surface area contributed by atoms with Gasteiger partial charge in [-0.2, -0.15) is 0 Å². The normalized spacial score (nSPS) is 15.9. The molecule has 0 amide bonds. The summed E-state index contributed by atoms with van der Waals surface area (Å²) >= 11 is 0. The van der Waals surface area contributed by atoms with E-state index >= 15 is 0 Å². The lowest BCUT2D eigenvalue weighted by molar-refractivity contribution is -0.141. The Bertz CT molecular complexity index is 1330. The average Bonchev–Trinajstić information content (AvgIpc) is 3.81. The number of carbonyl (C=O) groups excluding carboxylic acids is 1. The zero-order valence-electron chi connectivity index (χ0n) is 21.9. The number of esters is 1. The summed E-state index contributed by atoms with van der Waals surface area (Å²) in [6.45, 7) is 1.54. The standard InChI is InChI=1S/C32H33FO5/c1-35-25-9-11-31(33)30(18-25)27-10-6-21(16-29(27)23-12-14-37-15-13-23)20-38-26-5-3-4-24(17-26)28(22-7-8-22)19-32(34)36-2/h3-6,9-12,16-18,22,28H,7-8,13-15,19-20H2,1-2H3/t28-/m0/s1. The lowest BCUT2D eigenvalue weighted by atomic mass is 9.90. The van der Waals surface area contributed by atoms with E-state index in [2.05, 4.69) is 18.2 Å². The van der Waals surface area contributed by atoms with E-state index in [4.69, 9.17) is 18.9 Å². The van der Waals surface area contributed by atoms with Crippen LogP contribution >= 0.6 is 0 Å². The quantitative estimate of drug-likeness (QED) is 0.273. The summed E-state index contributed by atoms with van der Waals surface area (Å²) in [5, 5.41) is 0. The molecule has 38 heavy (non-hydrogen) atoms. The highest BCUT2D eigenvalue weighted by atomic mass is 19.1. The van der Waals surface area contributed by atoms with Crippen LogP contribution < -0.4 is 9.47 Å². The van der Waals surface area contributed by atoms with Crippen LogP contribution in [0.2, 0.25) is 0 Å². The number of benzene rings is 3. The van der Waals surface area contributed by atoms with Crippen LogP contribution in [0.15, 0.2) is 66.7 Å². The van der Waals surface area contributed by atoms with Crippen LogP contribution in [0.5, 0.6) is 11.5 Å². The minimum absolute atomic E-state index is 0.148. The van der Waals surface area contributed by atoms with E-state index in [1.165, 1.54) is 13.2 Å². The molecule has 2 aliphatic rings. The Kier molecular flexibility index (Phi) is 8.08. The fourth-order valence-electron chi connectivity index (χ4n) is 5.11. The molecular formula is C32H33FO5. The highest BCUT2D eigenvalue weighted by Gasteiger charge is 2.34. The first-order valence-corrected chi connectivity index (χ1v) is 13.1. The Morgan fingerprint density at radius 1 is 1.00 bits per heavy atom. The molecule has 1 atom stereocenters. The topological polar surface area (TPSA) is 54.0 Å².